The second kappa shape index (κ2) is 13.3. The minimum absolute atomic E-state index is 0.00972. The van der Waals surface area contributed by atoms with Gasteiger partial charge in [-0.1, -0.05) is 26.8 Å². The third kappa shape index (κ3) is 8.25. The number of hydrogen-bond donors (Lipinski definition) is 3. The van der Waals surface area contributed by atoms with Gasteiger partial charge in [-0.3, -0.25) is 14.4 Å². The molecule has 1 unspecified atom stereocenters. The van der Waals surface area contributed by atoms with E-state index >= 15 is 0 Å². The van der Waals surface area contributed by atoms with Gasteiger partial charge >= 0.3 is 0 Å². The van der Waals surface area contributed by atoms with Crippen LogP contribution in [0.25, 0.3) is 0 Å². The number of rotatable bonds is 12. The lowest BCUT2D eigenvalue weighted by atomic mass is 10.1. The van der Waals surface area contributed by atoms with Crippen LogP contribution >= 0.6 is 0 Å². The molecule has 3 amide bonds. The van der Waals surface area contributed by atoms with Crippen molar-refractivity contribution in [1.82, 2.24) is 10.2 Å². The minimum Gasteiger partial charge on any atom is -0.376 e. The molecule has 33 heavy (non-hydrogen) atoms. The van der Waals surface area contributed by atoms with Crippen LogP contribution in [0.15, 0.2) is 48.5 Å². The highest BCUT2D eigenvalue weighted by Crippen LogP contribution is 2.14. The molecule has 7 nitrogen and oxygen atoms in total. The van der Waals surface area contributed by atoms with Crippen LogP contribution in [0.1, 0.15) is 67.7 Å². The van der Waals surface area contributed by atoms with Gasteiger partial charge in [-0.05, 0) is 68.7 Å². The Morgan fingerprint density at radius 3 is 2.15 bits per heavy atom. The van der Waals surface area contributed by atoms with Crippen LogP contribution in [-0.4, -0.2) is 48.3 Å². The van der Waals surface area contributed by atoms with Gasteiger partial charge in [0.2, 0.25) is 5.91 Å². The zero-order chi connectivity index (χ0) is 24.2. The van der Waals surface area contributed by atoms with Gasteiger partial charge in [0.15, 0.2) is 0 Å². The molecular formula is C26H36N4O3. The van der Waals surface area contributed by atoms with Crippen molar-refractivity contribution in [3.05, 3.63) is 59.7 Å². The van der Waals surface area contributed by atoms with E-state index in [1.165, 1.54) is 0 Å². The van der Waals surface area contributed by atoms with Gasteiger partial charge in [0.05, 0.1) is 6.54 Å². The van der Waals surface area contributed by atoms with Crippen molar-refractivity contribution in [2.45, 2.75) is 53.0 Å². The quantitative estimate of drug-likeness (QED) is 0.441. The third-order valence-corrected chi connectivity index (χ3v) is 5.26. The number of nitrogens with one attached hydrogen (secondary N) is 3. The van der Waals surface area contributed by atoms with E-state index in [-0.39, 0.29) is 30.3 Å². The monoisotopic (exact) mass is 452 g/mol. The summed E-state index contributed by atoms with van der Waals surface area (Å²) < 4.78 is 0. The van der Waals surface area contributed by atoms with Crippen LogP contribution in [0, 0.1) is 0 Å². The number of amides is 3. The Bertz CT molecular complexity index is 921. The molecule has 0 spiro atoms. The lowest BCUT2D eigenvalue weighted by Gasteiger charge is -2.21. The zero-order valence-electron chi connectivity index (χ0n) is 20.1. The van der Waals surface area contributed by atoms with Gasteiger partial charge in [-0.15, -0.1) is 0 Å². The second-order valence-electron chi connectivity index (χ2n) is 8.13. The normalized spacial score (nSPS) is 11.4. The first kappa shape index (κ1) is 25.9. The molecule has 3 N–H and O–H groups in total. The number of benzene rings is 2. The lowest BCUT2D eigenvalue weighted by Crippen LogP contribution is -2.32. The maximum absolute atomic E-state index is 12.7. The van der Waals surface area contributed by atoms with Gasteiger partial charge in [0, 0.05) is 41.6 Å². The summed E-state index contributed by atoms with van der Waals surface area (Å²) in [4.78, 5) is 39.2. The molecule has 2 rings (SSSR count). The van der Waals surface area contributed by atoms with Gasteiger partial charge in [-0.25, -0.2) is 0 Å². The molecular weight excluding hydrogens is 416 g/mol. The van der Waals surface area contributed by atoms with E-state index in [2.05, 4.69) is 29.8 Å². The summed E-state index contributed by atoms with van der Waals surface area (Å²) in [6.07, 6.45) is 2.69. The molecule has 0 heterocycles. The largest absolute Gasteiger partial charge is 0.376 e. The Morgan fingerprint density at radius 2 is 1.55 bits per heavy atom. The van der Waals surface area contributed by atoms with Gasteiger partial charge in [0.1, 0.15) is 0 Å². The highest BCUT2D eigenvalue weighted by Gasteiger charge is 2.14. The molecule has 0 saturated heterocycles. The first-order valence-electron chi connectivity index (χ1n) is 11.7. The number of carbonyl (C=O) groups excluding carboxylic acids is 3. The summed E-state index contributed by atoms with van der Waals surface area (Å²) in [6, 6.07) is 14.1. The molecule has 0 radical (unpaired) electrons. The standard InChI is InChI=1S/C26H36N4O3/c1-5-15-30(16-6-2)26(33)20-11-13-22(14-12-20)29-24(31)18-27-23-10-8-9-21(17-23)25(32)28-19(4)7-3/h8-14,17,19,27H,5-7,15-16,18H2,1-4H3,(H,28,32)(H,29,31). The fraction of sp³-hybridized carbons (Fsp3) is 0.423. The Kier molecular flexibility index (Phi) is 10.4. The van der Waals surface area contributed by atoms with Crippen molar-refractivity contribution in [1.29, 1.82) is 0 Å². The van der Waals surface area contributed by atoms with Crippen molar-refractivity contribution >= 4 is 29.1 Å². The molecule has 0 aromatic heterocycles. The van der Waals surface area contributed by atoms with E-state index in [0.29, 0.717) is 22.5 Å². The maximum Gasteiger partial charge on any atom is 0.253 e. The van der Waals surface area contributed by atoms with E-state index in [0.717, 1.165) is 32.4 Å². The first-order valence-corrected chi connectivity index (χ1v) is 11.7. The van der Waals surface area contributed by atoms with Crippen LogP contribution in [-0.2, 0) is 4.79 Å². The smallest absolute Gasteiger partial charge is 0.253 e. The maximum atomic E-state index is 12.7. The third-order valence-electron chi connectivity index (χ3n) is 5.26. The van der Waals surface area contributed by atoms with E-state index in [1.807, 2.05) is 24.8 Å². The molecule has 0 fully saturated rings. The summed E-state index contributed by atoms with van der Waals surface area (Å²) >= 11 is 0. The molecule has 0 aliphatic carbocycles. The SMILES string of the molecule is CCCN(CCC)C(=O)c1ccc(NC(=O)CNc2cccc(C(=O)NC(C)CC)c2)cc1. The fourth-order valence-corrected chi connectivity index (χ4v) is 3.30. The minimum atomic E-state index is -0.220. The molecule has 0 saturated carbocycles. The van der Waals surface area contributed by atoms with Crippen molar-refractivity contribution in [3.8, 4) is 0 Å². The van der Waals surface area contributed by atoms with Crippen molar-refractivity contribution < 1.29 is 14.4 Å². The second-order valence-corrected chi connectivity index (χ2v) is 8.13. The van der Waals surface area contributed by atoms with E-state index in [9.17, 15) is 14.4 Å². The van der Waals surface area contributed by atoms with Crippen LogP contribution in [0.3, 0.4) is 0 Å². The number of anilines is 2. The summed E-state index contributed by atoms with van der Waals surface area (Å²) in [5.41, 5.74) is 2.47. The molecule has 0 bridgehead atoms. The first-order chi connectivity index (χ1) is 15.9. The summed E-state index contributed by atoms with van der Waals surface area (Å²) in [7, 11) is 0. The summed E-state index contributed by atoms with van der Waals surface area (Å²) in [6.45, 7) is 9.60. The predicted molar refractivity (Wildman–Crippen MR) is 134 cm³/mol. The van der Waals surface area contributed by atoms with Gasteiger partial charge < -0.3 is 20.9 Å². The fourth-order valence-electron chi connectivity index (χ4n) is 3.30. The molecule has 178 valence electrons. The molecule has 1 atom stereocenters. The van der Waals surface area contributed by atoms with Gasteiger partial charge in [-0.2, -0.15) is 0 Å². The van der Waals surface area contributed by atoms with Crippen molar-refractivity contribution in [2.75, 3.05) is 30.3 Å². The topological polar surface area (TPSA) is 90.5 Å². The predicted octanol–water partition coefficient (Wildman–Crippen LogP) is 4.53. The highest BCUT2D eigenvalue weighted by atomic mass is 16.2. The number of carbonyl (C=O) groups is 3. The Labute approximate surface area is 196 Å². The van der Waals surface area contributed by atoms with E-state index in [1.54, 1.807) is 42.5 Å². The summed E-state index contributed by atoms with van der Waals surface area (Å²) in [5.74, 6) is -0.346. The van der Waals surface area contributed by atoms with Crippen LogP contribution in [0.5, 0.6) is 0 Å². The number of nitrogens with zero attached hydrogens (tertiary/aromatic N) is 1. The molecule has 2 aromatic rings. The van der Waals surface area contributed by atoms with Gasteiger partial charge in [0.25, 0.3) is 11.8 Å². The average molecular weight is 453 g/mol. The van der Waals surface area contributed by atoms with Crippen LogP contribution in [0.2, 0.25) is 0 Å². The van der Waals surface area contributed by atoms with Crippen molar-refractivity contribution in [3.63, 3.8) is 0 Å². The molecule has 0 aliphatic heterocycles. The number of hydrogen-bond acceptors (Lipinski definition) is 4. The Hall–Kier alpha value is -3.35. The molecule has 2 aromatic carbocycles. The van der Waals surface area contributed by atoms with Crippen LogP contribution in [0.4, 0.5) is 11.4 Å². The van der Waals surface area contributed by atoms with Crippen molar-refractivity contribution in [2.24, 2.45) is 0 Å². The molecule has 7 heteroatoms. The summed E-state index contributed by atoms with van der Waals surface area (Å²) in [5, 5.41) is 8.80. The average Bonchev–Trinajstić information content (AvgIpc) is 2.82. The van der Waals surface area contributed by atoms with E-state index < -0.39 is 0 Å². The Morgan fingerprint density at radius 1 is 0.879 bits per heavy atom. The lowest BCUT2D eigenvalue weighted by molar-refractivity contribution is -0.114. The molecule has 0 aliphatic rings. The zero-order valence-corrected chi connectivity index (χ0v) is 20.1. The van der Waals surface area contributed by atoms with E-state index in [4.69, 9.17) is 0 Å². The highest BCUT2D eigenvalue weighted by molar-refractivity contribution is 5.97. The Balaban J connectivity index is 1.90. The van der Waals surface area contributed by atoms with Crippen LogP contribution < -0.4 is 16.0 Å².